The zero-order valence-electron chi connectivity index (χ0n) is 12.6. The molecule has 1 aromatic rings. The van der Waals surface area contributed by atoms with E-state index < -0.39 is 12.4 Å². The van der Waals surface area contributed by atoms with Crippen LogP contribution in [0.3, 0.4) is 0 Å². The highest BCUT2D eigenvalue weighted by Gasteiger charge is 2.44. The molecule has 0 unspecified atom stereocenters. The molecule has 0 saturated heterocycles. The van der Waals surface area contributed by atoms with Gasteiger partial charge in [-0.3, -0.25) is 0 Å². The summed E-state index contributed by atoms with van der Waals surface area (Å²) in [5.74, 6) is 0.0179. The van der Waals surface area contributed by atoms with Crippen molar-refractivity contribution in [1.82, 2.24) is 16.1 Å². The van der Waals surface area contributed by atoms with E-state index in [4.69, 9.17) is 0 Å². The molecule has 0 aromatic heterocycles. The molecule has 3 N–H and O–H groups in total. The van der Waals surface area contributed by atoms with Crippen LogP contribution in [0, 0.1) is 0 Å². The zero-order valence-corrected chi connectivity index (χ0v) is 12.6. The highest BCUT2D eigenvalue weighted by Crippen LogP contribution is 2.26. The molecule has 2 amide bonds. The highest BCUT2D eigenvalue weighted by atomic mass is 19.4. The molecule has 126 valence electrons. The predicted octanol–water partition coefficient (Wildman–Crippen LogP) is 2.06. The van der Waals surface area contributed by atoms with Gasteiger partial charge in [0.15, 0.2) is 5.84 Å². The monoisotopic (exact) mass is 330 g/mol. The number of benzene rings is 1. The lowest BCUT2D eigenvalue weighted by molar-refractivity contribution is -0.220. The van der Waals surface area contributed by atoms with Crippen molar-refractivity contribution in [3.05, 3.63) is 35.4 Å². The van der Waals surface area contributed by atoms with Crippen molar-refractivity contribution in [3.63, 3.8) is 0 Å². The lowest BCUT2D eigenvalue weighted by Crippen LogP contribution is -2.39. The van der Waals surface area contributed by atoms with Gasteiger partial charge >= 0.3 is 12.2 Å². The van der Waals surface area contributed by atoms with Gasteiger partial charge in [-0.15, -0.1) is 0 Å². The Hall–Kier alpha value is -2.29. The largest absolute Gasteiger partial charge is 0.437 e. The first-order valence-corrected chi connectivity index (χ1v) is 6.95. The van der Waals surface area contributed by atoms with Crippen LogP contribution in [0.2, 0.25) is 0 Å². The van der Waals surface area contributed by atoms with Crippen molar-refractivity contribution in [2.45, 2.75) is 38.8 Å². The molecule has 6 nitrogen and oxygen atoms in total. The first-order chi connectivity index (χ1) is 10.8. The van der Waals surface area contributed by atoms with Crippen LogP contribution >= 0.6 is 0 Å². The number of urea groups is 1. The zero-order chi connectivity index (χ0) is 17.0. The molecule has 1 aromatic carbocycles. The van der Waals surface area contributed by atoms with Crippen LogP contribution in [0.25, 0.3) is 0 Å². The van der Waals surface area contributed by atoms with Gasteiger partial charge in [0.25, 0.3) is 6.23 Å². The van der Waals surface area contributed by atoms with Gasteiger partial charge < -0.3 is 10.6 Å². The Morgan fingerprint density at radius 1 is 1.35 bits per heavy atom. The number of amidine groups is 1. The lowest BCUT2D eigenvalue weighted by atomic mass is 10.1. The standard InChI is InChI=1S/C14H17F3N4O2/c1-8(2)19-13(22)18-7-9-3-5-10(6-4-9)11-20-12(23-21-11)14(15,16)17/h3-6,8,12H,7H2,1-2H3,(H,20,21)(H2,18,19,22)/t12-/m0/s1. The summed E-state index contributed by atoms with van der Waals surface area (Å²) in [6.45, 7) is 4.00. The number of aliphatic imine (C=N–C) groups is 1. The molecule has 1 heterocycles. The molecule has 1 aliphatic rings. The van der Waals surface area contributed by atoms with Gasteiger partial charge in [-0.05, 0) is 19.4 Å². The van der Waals surface area contributed by atoms with Gasteiger partial charge in [0.05, 0.1) is 0 Å². The Balaban J connectivity index is 1.94. The summed E-state index contributed by atoms with van der Waals surface area (Å²) in [5, 5.41) is 5.36. The molecule has 0 bridgehead atoms. The quantitative estimate of drug-likeness (QED) is 0.791. The second kappa shape index (κ2) is 6.86. The summed E-state index contributed by atoms with van der Waals surface area (Å²) in [5.41, 5.74) is 3.44. The Morgan fingerprint density at radius 3 is 2.52 bits per heavy atom. The van der Waals surface area contributed by atoms with Crippen LogP contribution in [-0.2, 0) is 11.4 Å². The number of carbonyl (C=O) groups is 1. The Morgan fingerprint density at radius 2 is 2.00 bits per heavy atom. The van der Waals surface area contributed by atoms with E-state index in [1.165, 1.54) is 0 Å². The molecule has 2 rings (SSSR count). The predicted molar refractivity (Wildman–Crippen MR) is 77.6 cm³/mol. The van der Waals surface area contributed by atoms with E-state index in [2.05, 4.69) is 25.9 Å². The van der Waals surface area contributed by atoms with Gasteiger partial charge in [0, 0.05) is 18.2 Å². The molecule has 9 heteroatoms. The van der Waals surface area contributed by atoms with Gasteiger partial charge in [-0.1, -0.05) is 24.3 Å². The molecular formula is C14H17F3N4O2. The average molecular weight is 330 g/mol. The molecule has 0 radical (unpaired) electrons. The second-order valence-electron chi connectivity index (χ2n) is 5.27. The van der Waals surface area contributed by atoms with Crippen molar-refractivity contribution in [2.24, 2.45) is 4.99 Å². The van der Waals surface area contributed by atoms with Crippen molar-refractivity contribution in [3.8, 4) is 0 Å². The molecule has 0 spiro atoms. The summed E-state index contributed by atoms with van der Waals surface area (Å²) in [4.78, 5) is 19.3. The molecule has 1 aliphatic heterocycles. The number of nitrogens with one attached hydrogen (secondary N) is 3. The van der Waals surface area contributed by atoms with Crippen molar-refractivity contribution in [1.29, 1.82) is 0 Å². The maximum atomic E-state index is 12.5. The molecule has 0 saturated carbocycles. The van der Waals surface area contributed by atoms with Crippen LogP contribution in [0.1, 0.15) is 25.0 Å². The normalized spacial score (nSPS) is 17.7. The average Bonchev–Trinajstić information content (AvgIpc) is 2.95. The SMILES string of the molecule is CC(C)NC(=O)NCc1ccc(C2=N[C@H](C(F)(F)F)ON2)cc1. The fourth-order valence-corrected chi connectivity index (χ4v) is 1.83. The summed E-state index contributed by atoms with van der Waals surface area (Å²) in [6, 6.07) is 6.33. The summed E-state index contributed by atoms with van der Waals surface area (Å²) in [7, 11) is 0. The van der Waals surface area contributed by atoms with Gasteiger partial charge in [0.1, 0.15) is 0 Å². The third kappa shape index (κ3) is 4.85. The fraction of sp³-hybridized carbons (Fsp3) is 0.429. The number of hydrogen-bond acceptors (Lipinski definition) is 4. The number of nitrogens with zero attached hydrogens (tertiary/aromatic N) is 1. The summed E-state index contributed by atoms with van der Waals surface area (Å²) >= 11 is 0. The van der Waals surface area contributed by atoms with E-state index in [0.29, 0.717) is 12.1 Å². The Labute approximate surface area is 131 Å². The van der Waals surface area contributed by atoms with Crippen molar-refractivity contribution in [2.75, 3.05) is 0 Å². The first kappa shape index (κ1) is 17.1. The van der Waals surface area contributed by atoms with E-state index in [1.54, 1.807) is 24.3 Å². The van der Waals surface area contributed by atoms with Crippen LogP contribution in [0.5, 0.6) is 0 Å². The van der Waals surface area contributed by atoms with E-state index in [1.807, 2.05) is 13.8 Å². The van der Waals surface area contributed by atoms with Crippen LogP contribution in [0.4, 0.5) is 18.0 Å². The first-order valence-electron chi connectivity index (χ1n) is 6.95. The minimum Gasteiger partial charge on any atom is -0.336 e. The van der Waals surface area contributed by atoms with Crippen LogP contribution < -0.4 is 16.1 Å². The third-order valence-electron chi connectivity index (χ3n) is 2.89. The number of amides is 2. The maximum absolute atomic E-state index is 12.5. The summed E-state index contributed by atoms with van der Waals surface area (Å²) in [6.07, 6.45) is -6.75. The van der Waals surface area contributed by atoms with E-state index in [-0.39, 0.29) is 17.9 Å². The smallest absolute Gasteiger partial charge is 0.336 e. The van der Waals surface area contributed by atoms with E-state index in [0.717, 1.165) is 5.56 Å². The van der Waals surface area contributed by atoms with Gasteiger partial charge in [-0.25, -0.2) is 20.1 Å². The topological polar surface area (TPSA) is 74.8 Å². The molecule has 1 atom stereocenters. The third-order valence-corrected chi connectivity index (χ3v) is 2.89. The highest BCUT2D eigenvalue weighted by molar-refractivity contribution is 5.98. The van der Waals surface area contributed by atoms with E-state index in [9.17, 15) is 18.0 Å². The van der Waals surface area contributed by atoms with Crippen molar-refractivity contribution < 1.29 is 22.8 Å². The summed E-state index contributed by atoms with van der Waals surface area (Å²) < 4.78 is 37.4. The van der Waals surface area contributed by atoms with Crippen molar-refractivity contribution >= 4 is 11.9 Å². The number of halogens is 3. The number of hydrogen-bond donors (Lipinski definition) is 3. The molecule has 0 fully saturated rings. The Bertz CT molecular complexity index is 585. The minimum absolute atomic E-state index is 0.0179. The lowest BCUT2D eigenvalue weighted by Gasteiger charge is -2.10. The molecular weight excluding hydrogens is 313 g/mol. The number of carbonyl (C=O) groups excluding carboxylic acids is 1. The number of rotatable bonds is 4. The molecule has 0 aliphatic carbocycles. The second-order valence-corrected chi connectivity index (χ2v) is 5.27. The Kier molecular flexibility index (Phi) is 5.09. The minimum atomic E-state index is -4.55. The van der Waals surface area contributed by atoms with Crippen LogP contribution in [0.15, 0.2) is 29.3 Å². The number of alkyl halides is 3. The maximum Gasteiger partial charge on any atom is 0.437 e. The fourth-order valence-electron chi connectivity index (χ4n) is 1.83. The van der Waals surface area contributed by atoms with Crippen LogP contribution in [-0.4, -0.2) is 30.3 Å². The van der Waals surface area contributed by atoms with Gasteiger partial charge in [-0.2, -0.15) is 13.2 Å². The molecule has 23 heavy (non-hydrogen) atoms. The number of hydroxylamine groups is 1. The van der Waals surface area contributed by atoms with Gasteiger partial charge in [0.2, 0.25) is 0 Å². The van der Waals surface area contributed by atoms with E-state index >= 15 is 0 Å².